The summed E-state index contributed by atoms with van der Waals surface area (Å²) in [5, 5.41) is 3.42. The minimum Gasteiger partial charge on any atom is -0.347 e. The van der Waals surface area contributed by atoms with Crippen LogP contribution >= 0.6 is 11.8 Å². The molecule has 0 aliphatic rings. The summed E-state index contributed by atoms with van der Waals surface area (Å²) in [6, 6.07) is 0. The molecule has 0 saturated heterocycles. The highest BCUT2D eigenvalue weighted by Gasteiger charge is 2.05. The van der Waals surface area contributed by atoms with Gasteiger partial charge in [0.25, 0.3) is 0 Å². The number of nitrogens with one attached hydrogen (secondary N) is 1. The van der Waals surface area contributed by atoms with E-state index in [-0.39, 0.29) is 11.8 Å². The minimum atomic E-state index is 0.0998. The van der Waals surface area contributed by atoms with Crippen LogP contribution in [-0.4, -0.2) is 17.0 Å². The molecule has 0 bridgehead atoms. The number of rotatable bonds is 4. The summed E-state index contributed by atoms with van der Waals surface area (Å²) < 4.78 is 0. The summed E-state index contributed by atoms with van der Waals surface area (Å²) in [7, 11) is 0. The van der Waals surface area contributed by atoms with Gasteiger partial charge in [-0.1, -0.05) is 27.7 Å². The highest BCUT2D eigenvalue weighted by Crippen LogP contribution is 2.06. The van der Waals surface area contributed by atoms with E-state index in [0.717, 1.165) is 5.88 Å². The van der Waals surface area contributed by atoms with Crippen molar-refractivity contribution in [2.24, 2.45) is 5.92 Å². The fourth-order valence-electron chi connectivity index (χ4n) is 0.484. The third kappa shape index (κ3) is 6.23. The summed E-state index contributed by atoms with van der Waals surface area (Å²) in [5.41, 5.74) is 0. The average molecular weight is 175 g/mol. The second-order valence-electron chi connectivity index (χ2n) is 3.06. The minimum absolute atomic E-state index is 0.0998. The van der Waals surface area contributed by atoms with E-state index in [9.17, 15) is 4.79 Å². The van der Waals surface area contributed by atoms with Crippen molar-refractivity contribution in [2.45, 2.75) is 32.9 Å². The molecule has 0 spiro atoms. The first-order valence-electron chi connectivity index (χ1n) is 3.93. The predicted molar refractivity (Wildman–Crippen MR) is 50.6 cm³/mol. The Bertz CT molecular complexity index is 123. The van der Waals surface area contributed by atoms with Gasteiger partial charge >= 0.3 is 0 Å². The number of hydrogen-bond donors (Lipinski definition) is 1. The van der Waals surface area contributed by atoms with Gasteiger partial charge in [-0.2, -0.15) is 0 Å². The van der Waals surface area contributed by atoms with Gasteiger partial charge in [-0.05, 0) is 0 Å². The molecule has 0 saturated carbocycles. The summed E-state index contributed by atoms with van der Waals surface area (Å²) in [5.74, 6) is 0.968. The first-order chi connectivity index (χ1) is 5.04. The van der Waals surface area contributed by atoms with Crippen molar-refractivity contribution in [3.8, 4) is 0 Å². The fraction of sp³-hybridized carbons (Fsp3) is 0.875. The Balaban J connectivity index is 3.32. The first kappa shape index (κ1) is 10.8. The van der Waals surface area contributed by atoms with Crippen LogP contribution in [0.3, 0.4) is 0 Å². The van der Waals surface area contributed by atoms with E-state index < -0.39 is 0 Å². The van der Waals surface area contributed by atoms with Crippen LogP contribution in [0.1, 0.15) is 27.7 Å². The maximum Gasteiger partial charge on any atom is 0.223 e. The summed E-state index contributed by atoms with van der Waals surface area (Å²) in [4.78, 5) is 11.0. The number of amides is 1. The summed E-state index contributed by atoms with van der Waals surface area (Å²) in [6.45, 7) is 8.03. The summed E-state index contributed by atoms with van der Waals surface area (Å²) in [6.07, 6.45) is 0. The van der Waals surface area contributed by atoms with Crippen LogP contribution in [0.2, 0.25) is 0 Å². The van der Waals surface area contributed by atoms with Gasteiger partial charge in [0, 0.05) is 11.2 Å². The number of hydrogen-bond acceptors (Lipinski definition) is 2. The molecule has 0 aromatic carbocycles. The maximum atomic E-state index is 11.0. The zero-order valence-electron chi connectivity index (χ0n) is 7.68. The summed E-state index contributed by atoms with van der Waals surface area (Å²) >= 11 is 1.75. The quantitative estimate of drug-likeness (QED) is 0.661. The Morgan fingerprint density at radius 2 is 1.91 bits per heavy atom. The van der Waals surface area contributed by atoms with Crippen LogP contribution in [0.5, 0.6) is 0 Å². The van der Waals surface area contributed by atoms with Crippen molar-refractivity contribution < 1.29 is 4.79 Å². The van der Waals surface area contributed by atoms with E-state index >= 15 is 0 Å². The Morgan fingerprint density at radius 3 is 2.27 bits per heavy atom. The molecular weight excluding hydrogens is 158 g/mol. The van der Waals surface area contributed by atoms with E-state index in [2.05, 4.69) is 19.2 Å². The van der Waals surface area contributed by atoms with Gasteiger partial charge in [0.05, 0.1) is 5.88 Å². The largest absolute Gasteiger partial charge is 0.347 e. The van der Waals surface area contributed by atoms with Crippen molar-refractivity contribution >= 4 is 17.7 Å². The molecule has 0 unspecified atom stereocenters. The number of carbonyl (C=O) groups is 1. The van der Waals surface area contributed by atoms with Crippen LogP contribution < -0.4 is 5.32 Å². The maximum absolute atomic E-state index is 11.0. The van der Waals surface area contributed by atoms with E-state index in [1.165, 1.54) is 0 Å². The van der Waals surface area contributed by atoms with Gasteiger partial charge in [-0.3, -0.25) is 4.79 Å². The van der Waals surface area contributed by atoms with Gasteiger partial charge in [-0.25, -0.2) is 0 Å². The molecule has 1 N–H and O–H groups in total. The molecule has 0 heterocycles. The molecule has 2 nitrogen and oxygen atoms in total. The highest BCUT2D eigenvalue weighted by molar-refractivity contribution is 7.99. The van der Waals surface area contributed by atoms with Crippen LogP contribution in [0.4, 0.5) is 0 Å². The molecule has 1 amide bonds. The van der Waals surface area contributed by atoms with E-state index in [4.69, 9.17) is 0 Å². The second-order valence-corrected chi connectivity index (χ2v) is 4.62. The fourth-order valence-corrected chi connectivity index (χ4v) is 1.04. The van der Waals surface area contributed by atoms with Gasteiger partial charge in [0.15, 0.2) is 0 Å². The Kier molecular flexibility index (Phi) is 5.38. The van der Waals surface area contributed by atoms with Crippen LogP contribution in [0.25, 0.3) is 0 Å². The molecule has 3 heteroatoms. The van der Waals surface area contributed by atoms with Crippen molar-refractivity contribution in [3.05, 3.63) is 0 Å². The highest BCUT2D eigenvalue weighted by atomic mass is 32.2. The normalized spacial score (nSPS) is 10.7. The number of carbonyl (C=O) groups excluding carboxylic acids is 1. The van der Waals surface area contributed by atoms with Crippen LogP contribution in [0.15, 0.2) is 0 Å². The van der Waals surface area contributed by atoms with Crippen molar-refractivity contribution in [3.63, 3.8) is 0 Å². The third-order valence-electron chi connectivity index (χ3n) is 1.19. The third-order valence-corrected chi connectivity index (χ3v) is 2.17. The molecule has 0 aromatic rings. The lowest BCUT2D eigenvalue weighted by Gasteiger charge is -2.08. The van der Waals surface area contributed by atoms with Gasteiger partial charge in [0.1, 0.15) is 0 Å². The topological polar surface area (TPSA) is 29.1 Å². The van der Waals surface area contributed by atoms with Crippen molar-refractivity contribution in [2.75, 3.05) is 5.88 Å². The van der Waals surface area contributed by atoms with Crippen LogP contribution in [0, 0.1) is 5.92 Å². The smallest absolute Gasteiger partial charge is 0.223 e. The number of thioether (sulfide) groups is 1. The average Bonchev–Trinajstić information content (AvgIpc) is 1.86. The molecule has 0 aliphatic heterocycles. The molecule has 0 aromatic heterocycles. The Labute approximate surface area is 73.1 Å². The molecule has 11 heavy (non-hydrogen) atoms. The van der Waals surface area contributed by atoms with E-state index in [1.54, 1.807) is 11.8 Å². The Hall–Kier alpha value is -0.180. The monoisotopic (exact) mass is 175 g/mol. The molecule has 0 radical (unpaired) electrons. The molecule has 0 fully saturated rings. The second kappa shape index (κ2) is 5.47. The van der Waals surface area contributed by atoms with E-state index in [1.807, 2.05) is 13.8 Å². The van der Waals surface area contributed by atoms with Crippen molar-refractivity contribution in [1.29, 1.82) is 0 Å². The lowest BCUT2D eigenvalue weighted by Crippen LogP contribution is -2.27. The molecule has 0 rings (SSSR count). The standard InChI is InChI=1S/C8H17NOS/c1-6(2)8(10)9-5-11-7(3)4/h6-7H,5H2,1-4H3,(H,9,10). The molecular formula is C8H17NOS. The molecule has 0 atom stereocenters. The first-order valence-corrected chi connectivity index (χ1v) is 4.98. The zero-order chi connectivity index (χ0) is 8.85. The lowest BCUT2D eigenvalue weighted by atomic mass is 10.2. The van der Waals surface area contributed by atoms with Gasteiger partial charge in [-0.15, -0.1) is 11.8 Å². The molecule has 0 aliphatic carbocycles. The van der Waals surface area contributed by atoms with E-state index in [0.29, 0.717) is 5.25 Å². The van der Waals surface area contributed by atoms with Gasteiger partial charge < -0.3 is 5.32 Å². The lowest BCUT2D eigenvalue weighted by molar-refractivity contribution is -0.123. The predicted octanol–water partition coefficient (Wildman–Crippen LogP) is 1.86. The van der Waals surface area contributed by atoms with Gasteiger partial charge in [0.2, 0.25) is 5.91 Å². The molecule has 66 valence electrons. The Morgan fingerprint density at radius 1 is 1.36 bits per heavy atom. The zero-order valence-corrected chi connectivity index (χ0v) is 8.49. The SMILES string of the molecule is CC(C)SCNC(=O)C(C)C. The van der Waals surface area contributed by atoms with Crippen LogP contribution in [-0.2, 0) is 4.79 Å². The van der Waals surface area contributed by atoms with Crippen molar-refractivity contribution in [1.82, 2.24) is 5.32 Å².